The van der Waals surface area contributed by atoms with Crippen molar-refractivity contribution in [3.05, 3.63) is 94.8 Å². The Balaban J connectivity index is 1.46. The summed E-state index contributed by atoms with van der Waals surface area (Å²) in [5.41, 5.74) is 4.98. The van der Waals surface area contributed by atoms with E-state index in [2.05, 4.69) is 35.5 Å². The van der Waals surface area contributed by atoms with Crippen molar-refractivity contribution in [1.29, 1.82) is 0 Å². The number of benzene rings is 2. The largest absolute Gasteiger partial charge is 0.475 e. The Labute approximate surface area is 283 Å². The number of nitrogens with zero attached hydrogens (tertiary/aromatic N) is 4. The number of hydrogen-bond donors (Lipinski definition) is 1. The summed E-state index contributed by atoms with van der Waals surface area (Å²) in [6.45, 7) is 11.3. The van der Waals surface area contributed by atoms with Gasteiger partial charge in [0.25, 0.3) is 15.9 Å². The van der Waals surface area contributed by atoms with E-state index in [4.69, 9.17) is 14.5 Å². The molecule has 0 aliphatic carbocycles. The Bertz CT molecular complexity index is 1900. The van der Waals surface area contributed by atoms with Crippen molar-refractivity contribution < 1.29 is 22.7 Å². The Morgan fingerprint density at radius 1 is 0.938 bits per heavy atom. The lowest BCUT2D eigenvalue weighted by atomic mass is 9.87. The molecule has 0 saturated carbocycles. The maximum atomic E-state index is 14.5. The maximum Gasteiger partial charge on any atom is 0.264 e. The molecule has 4 heterocycles. The molecule has 4 aromatic rings. The third-order valence-electron chi connectivity index (χ3n) is 8.70. The van der Waals surface area contributed by atoms with Gasteiger partial charge in [0, 0.05) is 23.8 Å². The van der Waals surface area contributed by atoms with E-state index in [0.717, 1.165) is 41.6 Å². The SMILES string of the molecule is Cc1cccc(C)c1-c1cc2nc(n1)NS(=O)(=O)c1cccc(c1)C(=O)N(Cc1cccc(C3CCCCO3)n1)[C@H](CC(C)(C)C)CO2. The molecular formula is C37H43N5O5S. The maximum absolute atomic E-state index is 14.5. The Morgan fingerprint density at radius 2 is 1.69 bits per heavy atom. The summed E-state index contributed by atoms with van der Waals surface area (Å²) < 4.78 is 42.3. The summed E-state index contributed by atoms with van der Waals surface area (Å²) in [5, 5.41) is 0. The molecule has 0 spiro atoms. The van der Waals surface area contributed by atoms with E-state index in [1.165, 1.54) is 12.1 Å². The van der Waals surface area contributed by atoms with Gasteiger partial charge in [-0.25, -0.2) is 18.1 Å². The fourth-order valence-electron chi connectivity index (χ4n) is 6.46. The molecule has 6 rings (SSSR count). The predicted octanol–water partition coefficient (Wildman–Crippen LogP) is 7.04. The quantitative estimate of drug-likeness (QED) is 0.240. The molecule has 1 unspecified atom stereocenters. The highest BCUT2D eigenvalue weighted by Gasteiger charge is 2.32. The summed E-state index contributed by atoms with van der Waals surface area (Å²) in [6, 6.07) is 19.1. The average molecular weight is 670 g/mol. The number of amides is 1. The predicted molar refractivity (Wildman–Crippen MR) is 184 cm³/mol. The second-order valence-electron chi connectivity index (χ2n) is 13.9. The zero-order valence-corrected chi connectivity index (χ0v) is 29.0. The van der Waals surface area contributed by atoms with Gasteiger partial charge in [-0.15, -0.1) is 0 Å². The van der Waals surface area contributed by atoms with Crippen molar-refractivity contribution in [2.24, 2.45) is 5.41 Å². The summed E-state index contributed by atoms with van der Waals surface area (Å²) in [7, 11) is -4.17. The lowest BCUT2D eigenvalue weighted by molar-refractivity contribution is 0.0120. The number of rotatable bonds is 5. The first kappa shape index (κ1) is 33.5. The molecule has 252 valence electrons. The van der Waals surface area contributed by atoms with Gasteiger partial charge in [-0.2, -0.15) is 4.98 Å². The molecule has 1 fully saturated rings. The molecule has 2 aliphatic heterocycles. The molecule has 0 radical (unpaired) electrons. The summed E-state index contributed by atoms with van der Waals surface area (Å²) in [6.07, 6.45) is 3.54. The van der Waals surface area contributed by atoms with Crippen LogP contribution in [0, 0.1) is 19.3 Å². The highest BCUT2D eigenvalue weighted by molar-refractivity contribution is 7.92. The number of sulfonamides is 1. The molecule has 2 aromatic carbocycles. The molecule has 4 bridgehead atoms. The van der Waals surface area contributed by atoms with Gasteiger partial charge in [-0.1, -0.05) is 51.1 Å². The van der Waals surface area contributed by atoms with Gasteiger partial charge >= 0.3 is 0 Å². The van der Waals surface area contributed by atoms with E-state index >= 15 is 0 Å². The number of ether oxygens (including phenoxy) is 2. The highest BCUT2D eigenvalue weighted by atomic mass is 32.2. The standard InChI is InChI=1S/C37H43N5O5S/c1-24-11-8-12-25(2)34(24)31-20-33-40-36(39-31)41-48(44,45)29-15-9-13-26(19-29)35(43)42(28(23-47-33)21-37(3,4)5)22-27-14-10-16-30(38-27)32-17-6-7-18-46-32/h8-16,19-20,28,32H,6-7,17-18,21-23H2,1-5H3,(H,39,40,41)/t28-,32?/m1/s1. The number of hydrogen-bond acceptors (Lipinski definition) is 8. The van der Waals surface area contributed by atoms with Gasteiger partial charge < -0.3 is 14.4 Å². The van der Waals surface area contributed by atoms with E-state index in [1.54, 1.807) is 23.1 Å². The smallest absolute Gasteiger partial charge is 0.264 e. The zero-order chi connectivity index (χ0) is 34.1. The number of aryl methyl sites for hydroxylation is 2. The van der Waals surface area contributed by atoms with Gasteiger partial charge in [0.15, 0.2) is 0 Å². The normalized spacial score (nSPS) is 19.7. The summed E-state index contributed by atoms with van der Waals surface area (Å²) >= 11 is 0. The van der Waals surface area contributed by atoms with Crippen molar-refractivity contribution in [3.63, 3.8) is 0 Å². The number of carbonyl (C=O) groups is 1. The van der Waals surface area contributed by atoms with E-state index < -0.39 is 16.1 Å². The Morgan fingerprint density at radius 3 is 2.42 bits per heavy atom. The average Bonchev–Trinajstić information content (AvgIpc) is 3.05. The highest BCUT2D eigenvalue weighted by Crippen LogP contribution is 2.32. The topological polar surface area (TPSA) is 124 Å². The van der Waals surface area contributed by atoms with Gasteiger partial charge in [-0.3, -0.25) is 9.78 Å². The molecule has 1 N–H and O–H groups in total. The van der Waals surface area contributed by atoms with Crippen molar-refractivity contribution in [1.82, 2.24) is 19.9 Å². The lowest BCUT2D eigenvalue weighted by Gasteiger charge is -2.35. The van der Waals surface area contributed by atoms with Crippen LogP contribution in [0.2, 0.25) is 0 Å². The molecule has 2 aliphatic rings. The number of pyridine rings is 1. The molecule has 1 saturated heterocycles. The molecule has 11 heteroatoms. The second-order valence-corrected chi connectivity index (χ2v) is 15.6. The Kier molecular flexibility index (Phi) is 9.53. The van der Waals surface area contributed by atoms with Crippen LogP contribution in [0.5, 0.6) is 5.88 Å². The van der Waals surface area contributed by atoms with Crippen LogP contribution in [0.4, 0.5) is 5.95 Å². The number of carbonyl (C=O) groups excluding carboxylic acids is 1. The van der Waals surface area contributed by atoms with Crippen molar-refractivity contribution in [2.45, 2.75) is 83.9 Å². The zero-order valence-electron chi connectivity index (χ0n) is 28.2. The van der Waals surface area contributed by atoms with Crippen LogP contribution in [0.15, 0.2) is 71.6 Å². The van der Waals surface area contributed by atoms with Crippen LogP contribution in [-0.4, -0.2) is 53.4 Å². The number of fused-ring (bicyclic) bond motifs is 4. The third kappa shape index (κ3) is 7.68. The van der Waals surface area contributed by atoms with Crippen molar-refractivity contribution >= 4 is 21.9 Å². The summed E-state index contributed by atoms with van der Waals surface area (Å²) in [4.78, 5) is 30.2. The molecule has 2 aromatic heterocycles. The molecule has 48 heavy (non-hydrogen) atoms. The second kappa shape index (κ2) is 13.6. The number of aromatic nitrogens is 3. The van der Waals surface area contributed by atoms with E-state index in [9.17, 15) is 13.2 Å². The monoisotopic (exact) mass is 669 g/mol. The van der Waals surface area contributed by atoms with Crippen LogP contribution in [-0.2, 0) is 21.3 Å². The van der Waals surface area contributed by atoms with Crippen LogP contribution in [0.3, 0.4) is 0 Å². The van der Waals surface area contributed by atoms with Crippen LogP contribution in [0.25, 0.3) is 11.3 Å². The molecular weight excluding hydrogens is 627 g/mol. The van der Waals surface area contributed by atoms with Crippen molar-refractivity contribution in [3.8, 4) is 17.1 Å². The molecule has 1 amide bonds. The van der Waals surface area contributed by atoms with Gasteiger partial charge in [0.2, 0.25) is 11.8 Å². The minimum atomic E-state index is -4.17. The van der Waals surface area contributed by atoms with Crippen LogP contribution >= 0.6 is 0 Å². The van der Waals surface area contributed by atoms with Gasteiger partial charge in [0.1, 0.15) is 6.61 Å². The molecule has 10 nitrogen and oxygen atoms in total. The van der Waals surface area contributed by atoms with Gasteiger partial charge in [0.05, 0.1) is 40.7 Å². The first-order chi connectivity index (χ1) is 22.9. The van der Waals surface area contributed by atoms with Crippen LogP contribution < -0.4 is 9.46 Å². The third-order valence-corrected chi connectivity index (χ3v) is 10.0. The first-order valence-electron chi connectivity index (χ1n) is 16.5. The van der Waals surface area contributed by atoms with E-state index in [0.29, 0.717) is 24.4 Å². The van der Waals surface area contributed by atoms with Gasteiger partial charge in [-0.05, 0) is 86.4 Å². The fraction of sp³-hybridized carbons (Fsp3) is 0.405. The summed E-state index contributed by atoms with van der Waals surface area (Å²) in [5.74, 6) is -0.234. The van der Waals surface area contributed by atoms with E-state index in [-0.39, 0.29) is 52.9 Å². The molecule has 2 atom stereocenters. The van der Waals surface area contributed by atoms with Crippen LogP contribution in [0.1, 0.15) is 85.4 Å². The minimum absolute atomic E-state index is 0.0713. The Hall–Kier alpha value is -4.35. The fourth-order valence-corrected chi connectivity index (χ4v) is 7.45. The number of anilines is 1. The van der Waals surface area contributed by atoms with E-state index in [1.807, 2.05) is 50.2 Å². The first-order valence-corrected chi connectivity index (χ1v) is 17.9. The lowest BCUT2D eigenvalue weighted by Crippen LogP contribution is -2.45. The minimum Gasteiger partial charge on any atom is -0.475 e. The van der Waals surface area contributed by atoms with Crippen molar-refractivity contribution in [2.75, 3.05) is 17.9 Å². The number of nitrogens with one attached hydrogen (secondary N) is 1.